The van der Waals surface area contributed by atoms with Gasteiger partial charge in [0.05, 0.1) is 11.1 Å². The molecule has 4 N–H and O–H groups in total. The summed E-state index contributed by atoms with van der Waals surface area (Å²) in [7, 11) is 0. The minimum atomic E-state index is -1.26. The van der Waals surface area contributed by atoms with Gasteiger partial charge in [-0.1, -0.05) is 53.7 Å². The molecule has 0 radical (unpaired) electrons. The number of rotatable bonds is 6. The van der Waals surface area contributed by atoms with Crippen molar-refractivity contribution >= 4 is 37.2 Å². The summed E-state index contributed by atoms with van der Waals surface area (Å²) in [4.78, 5) is 25.4. The Morgan fingerprint density at radius 3 is 1.14 bits per heavy atom. The number of hydrogen-bond donors (Lipinski definition) is 6. The van der Waals surface area contributed by atoms with Gasteiger partial charge in [-0.2, -0.15) is 0 Å². The fourth-order valence-corrected chi connectivity index (χ4v) is 6.43. The third-order valence-corrected chi connectivity index (χ3v) is 9.29. The summed E-state index contributed by atoms with van der Waals surface area (Å²) in [5.41, 5.74) is 5.53. The second-order valence-electron chi connectivity index (χ2n) is 13.3. The van der Waals surface area contributed by atoms with E-state index in [1.807, 2.05) is 67.5 Å². The molecule has 0 amide bonds. The number of carboxylic acid groups (broad SMARTS) is 2. The van der Waals surface area contributed by atoms with Gasteiger partial charge in [0, 0.05) is 9.79 Å². The first kappa shape index (κ1) is 33.4. The van der Waals surface area contributed by atoms with E-state index in [0.717, 1.165) is 22.3 Å². The minimum Gasteiger partial charge on any atom is -0.507 e. The van der Waals surface area contributed by atoms with Crippen molar-refractivity contribution in [1.29, 1.82) is 0 Å². The lowest BCUT2D eigenvalue weighted by Crippen LogP contribution is -2.18. The van der Waals surface area contributed by atoms with E-state index in [0.29, 0.717) is 22.3 Å². The van der Waals surface area contributed by atoms with Gasteiger partial charge in [0.25, 0.3) is 0 Å². The smallest absolute Gasteiger partial charge is 0.337 e. The van der Waals surface area contributed by atoms with Crippen molar-refractivity contribution in [2.45, 2.75) is 103 Å². The highest BCUT2D eigenvalue weighted by Crippen LogP contribution is 2.42. The van der Waals surface area contributed by atoms with E-state index in [1.54, 1.807) is 13.8 Å². The zero-order chi connectivity index (χ0) is 32.2. The van der Waals surface area contributed by atoms with Crippen LogP contribution in [-0.2, 0) is 23.7 Å². The molecular formula is C34H42O6S2. The lowest BCUT2D eigenvalue weighted by atomic mass is 9.79. The van der Waals surface area contributed by atoms with Crippen LogP contribution in [0.3, 0.4) is 0 Å². The van der Waals surface area contributed by atoms with Crippen LogP contribution in [0.2, 0.25) is 0 Å². The molecule has 0 aliphatic heterocycles. The highest BCUT2D eigenvalue weighted by atomic mass is 32.1. The van der Waals surface area contributed by atoms with Crippen LogP contribution in [-0.4, -0.2) is 32.4 Å². The van der Waals surface area contributed by atoms with Gasteiger partial charge in [-0.25, -0.2) is 9.59 Å². The molecule has 0 atom stereocenters. The first-order valence-electron chi connectivity index (χ1n) is 13.8. The Morgan fingerprint density at radius 1 is 0.619 bits per heavy atom. The number of carboxylic acids is 2. The van der Waals surface area contributed by atoms with Crippen LogP contribution < -0.4 is 0 Å². The van der Waals surface area contributed by atoms with Crippen LogP contribution in [0.4, 0.5) is 0 Å². The molecule has 3 rings (SSSR count). The van der Waals surface area contributed by atoms with Crippen molar-refractivity contribution in [2.75, 3.05) is 0 Å². The SMILES string of the molecule is Cc1cc(C(C)(C)C)c(O)c(C)c1Cc1c(Cc2c(C)cc(C(C)(C)C)c(O)c2C)c(C(=O)O)c(S)c(S)c1C(=O)O. The molecule has 3 aromatic rings. The zero-order valence-corrected chi connectivity index (χ0v) is 27.9. The summed E-state index contributed by atoms with van der Waals surface area (Å²) >= 11 is 8.89. The van der Waals surface area contributed by atoms with E-state index in [2.05, 4.69) is 25.3 Å². The maximum absolute atomic E-state index is 12.7. The standard InChI is InChI=1S/C34H42O6S2/c1-15-11-23(33(5,6)7)27(35)17(3)19(15)13-21-22(26(32(39)40)30(42)29(41)25(21)31(37)38)14-20-16(2)12-24(34(8,9)10)28(36)18(20)4/h11-12,35-36,41-42H,13-14H2,1-10H3,(H,37,38)(H,39,40). The predicted molar refractivity (Wildman–Crippen MR) is 173 cm³/mol. The van der Waals surface area contributed by atoms with E-state index in [4.69, 9.17) is 0 Å². The maximum Gasteiger partial charge on any atom is 0.337 e. The average Bonchev–Trinajstić information content (AvgIpc) is 2.84. The number of phenols is 2. The molecular weight excluding hydrogens is 569 g/mol. The number of carbonyl (C=O) groups is 2. The molecule has 8 heteroatoms. The third-order valence-electron chi connectivity index (χ3n) is 8.22. The van der Waals surface area contributed by atoms with E-state index < -0.39 is 11.9 Å². The molecule has 0 spiro atoms. The molecule has 42 heavy (non-hydrogen) atoms. The van der Waals surface area contributed by atoms with Crippen molar-refractivity contribution in [3.8, 4) is 11.5 Å². The monoisotopic (exact) mass is 610 g/mol. The van der Waals surface area contributed by atoms with Gasteiger partial charge in [0.1, 0.15) is 11.5 Å². The molecule has 0 aromatic heterocycles. The predicted octanol–water partition coefficient (Wildman–Crippen LogP) is 8.08. The quantitative estimate of drug-likeness (QED) is 0.157. The summed E-state index contributed by atoms with van der Waals surface area (Å²) in [5, 5.41) is 43.1. The van der Waals surface area contributed by atoms with Gasteiger partial charge in [0.15, 0.2) is 0 Å². The molecule has 226 valence electrons. The number of phenolic OH excluding ortho intramolecular Hbond substituents is 2. The molecule has 0 unspecified atom stereocenters. The van der Waals surface area contributed by atoms with Crippen LogP contribution >= 0.6 is 25.3 Å². The topological polar surface area (TPSA) is 115 Å². The molecule has 0 heterocycles. The average molecular weight is 611 g/mol. The van der Waals surface area contributed by atoms with Gasteiger partial charge in [-0.05, 0) is 107 Å². The van der Waals surface area contributed by atoms with Gasteiger partial charge >= 0.3 is 11.9 Å². The Balaban J connectivity index is 2.45. The Morgan fingerprint density at radius 2 is 0.905 bits per heavy atom. The van der Waals surface area contributed by atoms with Crippen LogP contribution in [0.5, 0.6) is 11.5 Å². The largest absolute Gasteiger partial charge is 0.507 e. The number of hydrogen-bond acceptors (Lipinski definition) is 6. The number of aromatic hydroxyl groups is 2. The number of aryl methyl sites for hydroxylation is 2. The first-order chi connectivity index (χ1) is 19.1. The number of benzene rings is 3. The number of thiol groups is 2. The molecule has 6 nitrogen and oxygen atoms in total. The second kappa shape index (κ2) is 11.5. The molecule has 0 saturated heterocycles. The highest BCUT2D eigenvalue weighted by molar-refractivity contribution is 7.83. The van der Waals surface area contributed by atoms with Crippen molar-refractivity contribution < 1.29 is 30.0 Å². The van der Waals surface area contributed by atoms with Crippen molar-refractivity contribution in [3.05, 3.63) is 78.9 Å². The summed E-state index contributed by atoms with van der Waals surface area (Å²) in [6.07, 6.45) is 0.108. The van der Waals surface area contributed by atoms with E-state index >= 15 is 0 Å². The third kappa shape index (κ3) is 6.02. The van der Waals surface area contributed by atoms with E-state index in [9.17, 15) is 30.0 Å². The van der Waals surface area contributed by atoms with Gasteiger partial charge in [-0.15, -0.1) is 25.3 Å². The maximum atomic E-state index is 12.7. The number of aromatic carboxylic acids is 2. The molecule has 0 saturated carbocycles. The fraction of sp³-hybridized carbons (Fsp3) is 0.412. The normalized spacial score (nSPS) is 12.1. The molecule has 0 aliphatic rings. The fourth-order valence-electron chi connectivity index (χ4n) is 5.74. The summed E-state index contributed by atoms with van der Waals surface area (Å²) < 4.78 is 0. The summed E-state index contributed by atoms with van der Waals surface area (Å²) in [5.74, 6) is -2.25. The Hall–Kier alpha value is -3.10. The molecule has 3 aromatic carbocycles. The van der Waals surface area contributed by atoms with Crippen LogP contribution in [0.15, 0.2) is 21.9 Å². The molecule has 0 fully saturated rings. The van der Waals surface area contributed by atoms with Gasteiger partial charge < -0.3 is 20.4 Å². The van der Waals surface area contributed by atoms with Gasteiger partial charge in [0.2, 0.25) is 0 Å². The Kier molecular flexibility index (Phi) is 9.17. The Bertz CT molecular complexity index is 1500. The second-order valence-corrected chi connectivity index (χ2v) is 14.1. The lowest BCUT2D eigenvalue weighted by Gasteiger charge is -2.27. The van der Waals surface area contributed by atoms with Crippen LogP contribution in [0.25, 0.3) is 0 Å². The first-order valence-corrected chi connectivity index (χ1v) is 14.7. The van der Waals surface area contributed by atoms with Gasteiger partial charge in [-0.3, -0.25) is 0 Å². The van der Waals surface area contributed by atoms with Crippen molar-refractivity contribution in [3.63, 3.8) is 0 Å². The van der Waals surface area contributed by atoms with E-state index in [1.165, 1.54) is 0 Å². The lowest BCUT2D eigenvalue weighted by molar-refractivity contribution is 0.0672. The van der Waals surface area contributed by atoms with Crippen LogP contribution in [0, 0.1) is 27.7 Å². The zero-order valence-electron chi connectivity index (χ0n) is 26.1. The van der Waals surface area contributed by atoms with Crippen molar-refractivity contribution in [1.82, 2.24) is 0 Å². The minimum absolute atomic E-state index is 0.0350. The van der Waals surface area contributed by atoms with Crippen LogP contribution in [0.1, 0.15) is 118 Å². The molecule has 0 bridgehead atoms. The van der Waals surface area contributed by atoms with E-state index in [-0.39, 0.29) is 67.2 Å². The summed E-state index contributed by atoms with van der Waals surface area (Å²) in [6.45, 7) is 19.4. The van der Waals surface area contributed by atoms with Crippen molar-refractivity contribution in [2.24, 2.45) is 0 Å². The highest BCUT2D eigenvalue weighted by Gasteiger charge is 2.31. The Labute approximate surface area is 259 Å². The summed E-state index contributed by atoms with van der Waals surface area (Å²) in [6, 6.07) is 3.81. The molecule has 0 aliphatic carbocycles.